The quantitative estimate of drug-likeness (QED) is 0.167. The molecule has 49 heavy (non-hydrogen) atoms. The van der Waals surface area contributed by atoms with Gasteiger partial charge in [0.05, 0.1) is 0 Å². The van der Waals surface area contributed by atoms with Gasteiger partial charge in [0.15, 0.2) is 0 Å². The highest BCUT2D eigenvalue weighted by Gasteiger charge is 2.20. The van der Waals surface area contributed by atoms with Crippen LogP contribution in [0.4, 0.5) is 22.7 Å². The summed E-state index contributed by atoms with van der Waals surface area (Å²) < 4.78 is 0. The van der Waals surface area contributed by atoms with E-state index < -0.39 is 0 Å². The van der Waals surface area contributed by atoms with E-state index in [9.17, 15) is 9.59 Å². The van der Waals surface area contributed by atoms with Gasteiger partial charge in [-0.1, -0.05) is 127 Å². The first kappa shape index (κ1) is 31.1. The van der Waals surface area contributed by atoms with Gasteiger partial charge < -0.3 is 0 Å². The maximum Gasteiger partial charge on any atom is 0.262 e. The van der Waals surface area contributed by atoms with E-state index in [1.807, 2.05) is 127 Å². The lowest BCUT2D eigenvalue weighted by Gasteiger charge is -2.24. The molecule has 0 saturated heterocycles. The Morgan fingerprint density at radius 1 is 0.327 bits per heavy atom. The minimum Gasteiger partial charge on any atom is -0.281 e. The molecule has 236 valence electrons. The van der Waals surface area contributed by atoms with E-state index >= 15 is 0 Å². The molecule has 0 atom stereocenters. The summed E-state index contributed by atoms with van der Waals surface area (Å²) in [5.74, 6) is -0.130. The Labute approximate surface area is 287 Å². The first-order chi connectivity index (χ1) is 24.0. The molecule has 0 spiro atoms. The summed E-state index contributed by atoms with van der Waals surface area (Å²) >= 11 is 0. The third kappa shape index (κ3) is 6.80. The minimum atomic E-state index is -0.0913. The van der Waals surface area contributed by atoms with E-state index in [2.05, 4.69) is 60.7 Å². The van der Waals surface area contributed by atoms with Crippen LogP contribution in [0.25, 0.3) is 33.4 Å². The standard InChI is InChI=1S/C45H34N2O2/c1-33(48)46(41-15-9-4-10-16-41)42-27-21-38(22-28-42)35-17-19-36(20-18-35)39-25-31-44(32-26-39)47(45(49)40-13-7-3-8-14-40)43-29-23-37(24-30-43)34-11-5-2-6-12-34/h2-32H,1H3. The molecule has 0 bridgehead atoms. The molecule has 0 saturated carbocycles. The van der Waals surface area contributed by atoms with Crippen molar-refractivity contribution in [2.75, 3.05) is 9.80 Å². The van der Waals surface area contributed by atoms with Gasteiger partial charge in [-0.05, 0) is 94.0 Å². The van der Waals surface area contributed by atoms with Crippen LogP contribution in [0.1, 0.15) is 17.3 Å². The van der Waals surface area contributed by atoms with Gasteiger partial charge in [-0.15, -0.1) is 0 Å². The SMILES string of the molecule is CC(=O)N(c1ccccc1)c1ccc(-c2ccc(-c3ccc(N(C(=O)c4ccccc4)c4ccc(-c5ccccc5)cc4)cc3)cc2)cc1. The number of amides is 2. The molecule has 0 aliphatic rings. The Morgan fingerprint density at radius 2 is 0.612 bits per heavy atom. The van der Waals surface area contributed by atoms with Gasteiger partial charge in [0.2, 0.25) is 5.91 Å². The van der Waals surface area contributed by atoms with Crippen molar-refractivity contribution in [2.24, 2.45) is 0 Å². The normalized spacial score (nSPS) is 10.7. The highest BCUT2D eigenvalue weighted by Crippen LogP contribution is 2.33. The lowest BCUT2D eigenvalue weighted by atomic mass is 9.99. The second kappa shape index (κ2) is 14.1. The van der Waals surface area contributed by atoms with Gasteiger partial charge in [0, 0.05) is 35.2 Å². The summed E-state index contributed by atoms with van der Waals surface area (Å²) in [4.78, 5) is 29.8. The molecule has 7 aromatic rings. The van der Waals surface area contributed by atoms with Gasteiger partial charge >= 0.3 is 0 Å². The monoisotopic (exact) mass is 634 g/mol. The number of para-hydroxylation sites is 1. The van der Waals surface area contributed by atoms with Crippen LogP contribution in [0.5, 0.6) is 0 Å². The molecule has 0 fully saturated rings. The summed E-state index contributed by atoms with van der Waals surface area (Å²) in [5, 5.41) is 0. The number of hydrogen-bond acceptors (Lipinski definition) is 2. The van der Waals surface area contributed by atoms with Crippen molar-refractivity contribution >= 4 is 34.6 Å². The van der Waals surface area contributed by atoms with Gasteiger partial charge in [0.1, 0.15) is 0 Å². The number of carbonyl (C=O) groups excluding carboxylic acids is 2. The van der Waals surface area contributed by atoms with Crippen LogP contribution in [0, 0.1) is 0 Å². The predicted molar refractivity (Wildman–Crippen MR) is 201 cm³/mol. The molecule has 0 aliphatic carbocycles. The zero-order valence-electron chi connectivity index (χ0n) is 27.1. The van der Waals surface area contributed by atoms with E-state index in [-0.39, 0.29) is 11.8 Å². The number of nitrogens with zero attached hydrogens (tertiary/aromatic N) is 2. The molecule has 0 unspecified atom stereocenters. The van der Waals surface area contributed by atoms with E-state index in [0.29, 0.717) is 5.56 Å². The van der Waals surface area contributed by atoms with Crippen molar-refractivity contribution in [1.82, 2.24) is 0 Å². The van der Waals surface area contributed by atoms with Crippen molar-refractivity contribution < 1.29 is 9.59 Å². The van der Waals surface area contributed by atoms with Crippen LogP contribution in [0.2, 0.25) is 0 Å². The number of carbonyl (C=O) groups is 2. The molecule has 7 aromatic carbocycles. The zero-order valence-corrected chi connectivity index (χ0v) is 27.1. The van der Waals surface area contributed by atoms with E-state index in [0.717, 1.165) is 56.1 Å². The Balaban J connectivity index is 1.13. The molecular weight excluding hydrogens is 601 g/mol. The number of benzene rings is 7. The van der Waals surface area contributed by atoms with E-state index in [4.69, 9.17) is 0 Å². The smallest absolute Gasteiger partial charge is 0.262 e. The Bertz CT molecular complexity index is 2160. The summed E-state index contributed by atoms with van der Waals surface area (Å²) in [5.41, 5.74) is 10.4. The average molecular weight is 635 g/mol. The Kier molecular flexibility index (Phi) is 8.94. The van der Waals surface area contributed by atoms with Crippen molar-refractivity contribution in [2.45, 2.75) is 6.92 Å². The molecule has 7 rings (SSSR count). The van der Waals surface area contributed by atoms with Crippen molar-refractivity contribution in [3.05, 3.63) is 194 Å². The van der Waals surface area contributed by atoms with Crippen LogP contribution < -0.4 is 9.80 Å². The lowest BCUT2D eigenvalue weighted by Crippen LogP contribution is -2.25. The number of hydrogen-bond donors (Lipinski definition) is 0. The van der Waals surface area contributed by atoms with Crippen LogP contribution in [0.3, 0.4) is 0 Å². The Morgan fingerprint density at radius 3 is 1.00 bits per heavy atom. The predicted octanol–water partition coefficient (Wildman–Crippen LogP) is 11.4. The molecule has 0 aliphatic heterocycles. The topological polar surface area (TPSA) is 40.6 Å². The molecule has 0 heterocycles. The first-order valence-electron chi connectivity index (χ1n) is 16.3. The highest BCUT2D eigenvalue weighted by atomic mass is 16.2. The molecule has 4 heteroatoms. The summed E-state index contributed by atoms with van der Waals surface area (Å²) in [6.07, 6.45) is 0. The number of anilines is 4. The fourth-order valence-electron chi connectivity index (χ4n) is 6.08. The fraction of sp³-hybridized carbons (Fsp3) is 0.0222. The van der Waals surface area contributed by atoms with Gasteiger partial charge in [-0.3, -0.25) is 19.4 Å². The lowest BCUT2D eigenvalue weighted by molar-refractivity contribution is -0.115. The molecule has 0 aromatic heterocycles. The highest BCUT2D eigenvalue weighted by molar-refractivity contribution is 6.11. The molecular formula is C45H34N2O2. The first-order valence-corrected chi connectivity index (χ1v) is 16.3. The van der Waals surface area contributed by atoms with Crippen LogP contribution in [-0.2, 0) is 4.79 Å². The zero-order chi connectivity index (χ0) is 33.6. The van der Waals surface area contributed by atoms with E-state index in [1.165, 1.54) is 0 Å². The molecule has 2 amide bonds. The summed E-state index contributed by atoms with van der Waals surface area (Å²) in [6, 6.07) is 62.0. The van der Waals surface area contributed by atoms with Crippen molar-refractivity contribution in [1.29, 1.82) is 0 Å². The summed E-state index contributed by atoms with van der Waals surface area (Å²) in [6.45, 7) is 1.58. The van der Waals surface area contributed by atoms with Crippen molar-refractivity contribution in [3.8, 4) is 33.4 Å². The fourth-order valence-corrected chi connectivity index (χ4v) is 6.08. The largest absolute Gasteiger partial charge is 0.281 e. The molecule has 0 radical (unpaired) electrons. The summed E-state index contributed by atoms with van der Waals surface area (Å²) in [7, 11) is 0. The third-order valence-corrected chi connectivity index (χ3v) is 8.59. The third-order valence-electron chi connectivity index (χ3n) is 8.59. The number of rotatable bonds is 8. The maximum atomic E-state index is 13.9. The second-order valence-electron chi connectivity index (χ2n) is 11.8. The average Bonchev–Trinajstić information content (AvgIpc) is 3.17. The Hall–Kier alpha value is -6.52. The van der Waals surface area contributed by atoms with Gasteiger partial charge in [0.25, 0.3) is 5.91 Å². The van der Waals surface area contributed by atoms with E-state index in [1.54, 1.807) is 16.7 Å². The maximum absolute atomic E-state index is 13.9. The van der Waals surface area contributed by atoms with Gasteiger partial charge in [-0.2, -0.15) is 0 Å². The second-order valence-corrected chi connectivity index (χ2v) is 11.8. The molecule has 4 nitrogen and oxygen atoms in total. The van der Waals surface area contributed by atoms with Crippen LogP contribution in [-0.4, -0.2) is 11.8 Å². The van der Waals surface area contributed by atoms with Crippen LogP contribution in [0.15, 0.2) is 188 Å². The van der Waals surface area contributed by atoms with Crippen LogP contribution >= 0.6 is 0 Å². The van der Waals surface area contributed by atoms with Crippen molar-refractivity contribution in [3.63, 3.8) is 0 Å². The minimum absolute atomic E-state index is 0.0390. The van der Waals surface area contributed by atoms with Gasteiger partial charge in [-0.25, -0.2) is 0 Å². The molecule has 0 N–H and O–H groups in total.